The quantitative estimate of drug-likeness (QED) is 0.506. The first-order chi connectivity index (χ1) is 16.5. The summed E-state index contributed by atoms with van der Waals surface area (Å²) in [4.78, 5) is 19.6. The topological polar surface area (TPSA) is 86.3 Å². The van der Waals surface area contributed by atoms with Crippen molar-refractivity contribution in [2.75, 3.05) is 13.1 Å². The lowest BCUT2D eigenvalue weighted by molar-refractivity contribution is 0.0740. The first-order valence-electron chi connectivity index (χ1n) is 11.8. The van der Waals surface area contributed by atoms with Crippen molar-refractivity contribution >= 4 is 18.5 Å². The second-order valence-electron chi connectivity index (χ2n) is 10.2. The Kier molecular flexibility index (Phi) is 5.88. The molecule has 1 saturated heterocycles. The normalized spacial score (nSPS) is 22.1. The number of nitrogens with two attached hydrogens (primary N) is 1. The second-order valence-corrected chi connectivity index (χ2v) is 11.0. The van der Waals surface area contributed by atoms with E-state index >= 15 is 0 Å². The van der Waals surface area contributed by atoms with E-state index in [-0.39, 0.29) is 34.9 Å². The van der Waals surface area contributed by atoms with E-state index in [4.69, 9.17) is 10.5 Å². The molecule has 0 radical (unpaired) electrons. The van der Waals surface area contributed by atoms with Crippen molar-refractivity contribution in [1.29, 1.82) is 0 Å². The van der Waals surface area contributed by atoms with Crippen molar-refractivity contribution < 1.29 is 13.9 Å². The Bertz CT molecular complexity index is 1260. The van der Waals surface area contributed by atoms with Gasteiger partial charge >= 0.3 is 0 Å². The SMILES string of the molecule is CC(S)c1cc(C(=O)N2C[C@@H]3[C@H](C2)[C@H]3Oc2cc(C(C)(C)N)cc(-c3ccc(F)cc3)n2)n(C)n1. The number of halogens is 1. The number of nitrogens with zero attached hydrogens (tertiary/aromatic N) is 4. The molecule has 0 bridgehead atoms. The molecule has 3 heterocycles. The summed E-state index contributed by atoms with van der Waals surface area (Å²) in [7, 11) is 1.78. The van der Waals surface area contributed by atoms with Crippen molar-refractivity contribution in [3.8, 4) is 17.1 Å². The van der Waals surface area contributed by atoms with Gasteiger partial charge in [-0.25, -0.2) is 9.37 Å². The number of piperidine rings is 1. The molecule has 184 valence electrons. The van der Waals surface area contributed by atoms with Gasteiger partial charge in [-0.05, 0) is 62.7 Å². The number of ether oxygens (including phenoxy) is 1. The van der Waals surface area contributed by atoms with Crippen LogP contribution in [0.5, 0.6) is 5.88 Å². The van der Waals surface area contributed by atoms with E-state index in [0.717, 1.165) is 16.8 Å². The first kappa shape index (κ1) is 23.8. The van der Waals surface area contributed by atoms with E-state index in [1.165, 1.54) is 12.1 Å². The van der Waals surface area contributed by atoms with Gasteiger partial charge in [0.1, 0.15) is 17.6 Å². The summed E-state index contributed by atoms with van der Waals surface area (Å²) in [6, 6.07) is 11.8. The maximum atomic E-state index is 13.4. The fourth-order valence-electron chi connectivity index (χ4n) is 4.71. The summed E-state index contributed by atoms with van der Waals surface area (Å²) < 4.78 is 21.3. The van der Waals surface area contributed by atoms with Gasteiger partial charge in [0.05, 0.1) is 11.4 Å². The Morgan fingerprint density at radius 3 is 2.43 bits per heavy atom. The average Bonchev–Trinajstić information content (AvgIpc) is 3.14. The summed E-state index contributed by atoms with van der Waals surface area (Å²) in [5, 5.41) is 4.37. The molecule has 35 heavy (non-hydrogen) atoms. The van der Waals surface area contributed by atoms with Crippen LogP contribution in [0.1, 0.15) is 47.8 Å². The lowest BCUT2D eigenvalue weighted by Gasteiger charge is -2.22. The lowest BCUT2D eigenvalue weighted by Crippen LogP contribution is -2.34. The van der Waals surface area contributed by atoms with Crippen LogP contribution in [0.2, 0.25) is 0 Å². The van der Waals surface area contributed by atoms with E-state index in [1.54, 1.807) is 23.9 Å². The van der Waals surface area contributed by atoms with Crippen molar-refractivity contribution in [1.82, 2.24) is 19.7 Å². The third-order valence-electron chi connectivity index (χ3n) is 6.89. The Hall–Kier alpha value is -2.91. The summed E-state index contributed by atoms with van der Waals surface area (Å²) >= 11 is 4.42. The van der Waals surface area contributed by atoms with Gasteiger partial charge < -0.3 is 15.4 Å². The zero-order valence-electron chi connectivity index (χ0n) is 20.3. The second kappa shape index (κ2) is 8.64. The van der Waals surface area contributed by atoms with Gasteiger partial charge in [0.25, 0.3) is 5.91 Å². The maximum Gasteiger partial charge on any atom is 0.272 e. The van der Waals surface area contributed by atoms with E-state index in [1.807, 2.05) is 43.9 Å². The molecule has 5 rings (SSSR count). The average molecular weight is 496 g/mol. The molecule has 0 spiro atoms. The Labute approximate surface area is 209 Å². The number of hydrogen-bond donors (Lipinski definition) is 2. The molecule has 2 aromatic heterocycles. The monoisotopic (exact) mass is 495 g/mol. The number of hydrogen-bond acceptors (Lipinski definition) is 6. The maximum absolute atomic E-state index is 13.4. The minimum Gasteiger partial charge on any atom is -0.474 e. The van der Waals surface area contributed by atoms with Gasteiger partial charge in [-0.1, -0.05) is 0 Å². The highest BCUT2D eigenvalue weighted by molar-refractivity contribution is 7.80. The molecule has 3 aromatic rings. The molecule has 1 amide bonds. The van der Waals surface area contributed by atoms with Crippen LogP contribution >= 0.6 is 12.6 Å². The van der Waals surface area contributed by atoms with E-state index in [0.29, 0.717) is 30.4 Å². The lowest BCUT2D eigenvalue weighted by atomic mass is 9.95. The number of carbonyl (C=O) groups excluding carboxylic acids is 1. The number of carbonyl (C=O) groups is 1. The Balaban J connectivity index is 1.30. The minimum absolute atomic E-state index is 0.00307. The van der Waals surface area contributed by atoms with Crippen molar-refractivity contribution in [3.05, 3.63) is 65.2 Å². The van der Waals surface area contributed by atoms with Crippen LogP contribution in [-0.4, -0.2) is 44.8 Å². The molecule has 2 aliphatic rings. The third-order valence-corrected chi connectivity index (χ3v) is 7.16. The molecular formula is C26H30FN5O2S. The summed E-state index contributed by atoms with van der Waals surface area (Å²) in [5.74, 6) is 0.710. The first-order valence-corrected chi connectivity index (χ1v) is 12.3. The largest absolute Gasteiger partial charge is 0.474 e. The molecule has 2 N–H and O–H groups in total. The molecule has 1 aliphatic heterocycles. The minimum atomic E-state index is -0.592. The molecular weight excluding hydrogens is 465 g/mol. The van der Waals surface area contributed by atoms with Crippen LogP contribution in [-0.2, 0) is 12.6 Å². The number of aromatic nitrogens is 3. The van der Waals surface area contributed by atoms with Crippen LogP contribution in [0, 0.1) is 17.7 Å². The number of benzene rings is 1. The highest BCUT2D eigenvalue weighted by atomic mass is 32.1. The van der Waals surface area contributed by atoms with Crippen molar-refractivity contribution in [3.63, 3.8) is 0 Å². The van der Waals surface area contributed by atoms with Crippen LogP contribution < -0.4 is 10.5 Å². The van der Waals surface area contributed by atoms with E-state index in [9.17, 15) is 9.18 Å². The summed E-state index contributed by atoms with van der Waals surface area (Å²) in [6.45, 7) is 7.06. The number of thiol groups is 1. The number of aryl methyl sites for hydroxylation is 1. The van der Waals surface area contributed by atoms with E-state index < -0.39 is 5.54 Å². The van der Waals surface area contributed by atoms with Gasteiger partial charge in [0.2, 0.25) is 5.88 Å². The van der Waals surface area contributed by atoms with Crippen LogP contribution in [0.15, 0.2) is 42.5 Å². The van der Waals surface area contributed by atoms with Gasteiger partial charge in [0, 0.05) is 54.4 Å². The summed E-state index contributed by atoms with van der Waals surface area (Å²) in [6.07, 6.45) is 0.00307. The predicted molar refractivity (Wildman–Crippen MR) is 135 cm³/mol. The number of pyridine rings is 1. The fourth-order valence-corrected chi connectivity index (χ4v) is 4.84. The summed E-state index contributed by atoms with van der Waals surface area (Å²) in [5.41, 5.74) is 9.50. The third kappa shape index (κ3) is 4.67. The number of amides is 1. The predicted octanol–water partition coefficient (Wildman–Crippen LogP) is 3.96. The van der Waals surface area contributed by atoms with Gasteiger partial charge in [-0.3, -0.25) is 9.48 Å². The molecule has 1 aromatic carbocycles. The molecule has 1 unspecified atom stereocenters. The smallest absolute Gasteiger partial charge is 0.272 e. The number of likely N-dealkylation sites (tertiary alicyclic amines) is 1. The molecule has 1 aliphatic carbocycles. The molecule has 2 fully saturated rings. The molecule has 1 saturated carbocycles. The fraction of sp³-hybridized carbons (Fsp3) is 0.423. The zero-order valence-corrected chi connectivity index (χ0v) is 21.2. The highest BCUT2D eigenvalue weighted by Gasteiger charge is 2.59. The number of fused-ring (bicyclic) bond motifs is 1. The van der Waals surface area contributed by atoms with Crippen LogP contribution in [0.4, 0.5) is 4.39 Å². The molecule has 9 heteroatoms. The van der Waals surface area contributed by atoms with Crippen molar-refractivity contribution in [2.24, 2.45) is 24.6 Å². The van der Waals surface area contributed by atoms with Gasteiger partial charge in [-0.15, -0.1) is 0 Å². The van der Waals surface area contributed by atoms with Crippen molar-refractivity contribution in [2.45, 2.75) is 37.7 Å². The number of rotatable bonds is 6. The van der Waals surface area contributed by atoms with E-state index in [2.05, 4.69) is 22.7 Å². The standard InChI is InChI=1S/C26H30FN5O2S/c1-14(35)20-11-22(31(4)30-20)25(33)32-12-18-19(13-32)24(18)34-23-10-16(26(2,3)28)9-21(29-23)15-5-7-17(27)8-6-15/h5-11,14,18-19,24,35H,12-13,28H2,1-4H3/t14?,18-,19+,24+. The van der Waals surface area contributed by atoms with Gasteiger partial charge in [0.15, 0.2) is 0 Å². The zero-order chi connectivity index (χ0) is 25.1. The highest BCUT2D eigenvalue weighted by Crippen LogP contribution is 2.48. The molecule has 7 nitrogen and oxygen atoms in total. The van der Waals surface area contributed by atoms with Crippen LogP contribution in [0.25, 0.3) is 11.3 Å². The van der Waals surface area contributed by atoms with Crippen LogP contribution in [0.3, 0.4) is 0 Å². The Morgan fingerprint density at radius 1 is 1.20 bits per heavy atom. The van der Waals surface area contributed by atoms with Gasteiger partial charge in [-0.2, -0.15) is 17.7 Å². The molecule has 4 atom stereocenters. The Morgan fingerprint density at radius 2 is 1.86 bits per heavy atom.